The SMILES string of the molecule is O=C1C[C@H](C(=O)NCCN2CCc3ccccc32)c2ccccc21. The quantitative estimate of drug-likeness (QED) is 0.942. The number of fused-ring (bicyclic) bond motifs is 2. The van der Waals surface area contributed by atoms with Gasteiger partial charge in [0.25, 0.3) is 0 Å². The highest BCUT2D eigenvalue weighted by atomic mass is 16.2. The summed E-state index contributed by atoms with van der Waals surface area (Å²) < 4.78 is 0. The second kappa shape index (κ2) is 6.11. The summed E-state index contributed by atoms with van der Waals surface area (Å²) in [7, 11) is 0. The maximum atomic E-state index is 12.5. The average molecular weight is 320 g/mol. The summed E-state index contributed by atoms with van der Waals surface area (Å²) in [6.45, 7) is 2.39. The fourth-order valence-electron chi connectivity index (χ4n) is 3.77. The molecule has 2 aliphatic rings. The van der Waals surface area contributed by atoms with E-state index >= 15 is 0 Å². The zero-order chi connectivity index (χ0) is 16.5. The third-order valence-corrected chi connectivity index (χ3v) is 5.01. The molecule has 0 fully saturated rings. The average Bonchev–Trinajstić information content (AvgIpc) is 3.17. The Morgan fingerprint density at radius 2 is 1.92 bits per heavy atom. The number of Topliss-reactive ketones (excluding diaryl/α,β-unsaturated/α-hetero) is 1. The number of anilines is 1. The monoisotopic (exact) mass is 320 g/mol. The maximum absolute atomic E-state index is 12.5. The number of carbonyl (C=O) groups excluding carboxylic acids is 2. The minimum Gasteiger partial charge on any atom is -0.369 e. The van der Waals surface area contributed by atoms with Crippen LogP contribution in [0.15, 0.2) is 48.5 Å². The van der Waals surface area contributed by atoms with Gasteiger partial charge in [-0.3, -0.25) is 9.59 Å². The first-order chi connectivity index (χ1) is 11.7. The molecule has 0 aromatic heterocycles. The fraction of sp³-hybridized carbons (Fsp3) is 0.300. The molecular weight excluding hydrogens is 300 g/mol. The van der Waals surface area contributed by atoms with Crippen LogP contribution in [0.25, 0.3) is 0 Å². The van der Waals surface area contributed by atoms with Crippen molar-refractivity contribution in [2.45, 2.75) is 18.8 Å². The van der Waals surface area contributed by atoms with E-state index in [2.05, 4.69) is 34.5 Å². The van der Waals surface area contributed by atoms with Gasteiger partial charge in [-0.05, 0) is 23.6 Å². The maximum Gasteiger partial charge on any atom is 0.228 e. The summed E-state index contributed by atoms with van der Waals surface area (Å²) in [5.41, 5.74) is 4.21. The molecule has 2 aromatic rings. The lowest BCUT2D eigenvalue weighted by Crippen LogP contribution is -2.36. The molecule has 1 atom stereocenters. The van der Waals surface area contributed by atoms with Crippen LogP contribution < -0.4 is 10.2 Å². The minimum absolute atomic E-state index is 0.0409. The van der Waals surface area contributed by atoms with Crippen LogP contribution in [0, 0.1) is 0 Å². The predicted octanol–water partition coefficient (Wildman–Crippen LogP) is 2.54. The van der Waals surface area contributed by atoms with Gasteiger partial charge in [0.1, 0.15) is 0 Å². The van der Waals surface area contributed by atoms with Crippen molar-refractivity contribution in [3.63, 3.8) is 0 Å². The largest absolute Gasteiger partial charge is 0.369 e. The molecule has 0 saturated heterocycles. The van der Waals surface area contributed by atoms with E-state index < -0.39 is 0 Å². The van der Waals surface area contributed by atoms with Gasteiger partial charge in [-0.1, -0.05) is 42.5 Å². The molecule has 1 N–H and O–H groups in total. The van der Waals surface area contributed by atoms with Gasteiger partial charge in [0, 0.05) is 37.3 Å². The smallest absolute Gasteiger partial charge is 0.228 e. The number of benzene rings is 2. The minimum atomic E-state index is -0.334. The third kappa shape index (κ3) is 2.58. The lowest BCUT2D eigenvalue weighted by atomic mass is 10.0. The zero-order valence-corrected chi connectivity index (χ0v) is 13.5. The molecule has 4 rings (SSSR count). The highest BCUT2D eigenvalue weighted by Gasteiger charge is 2.33. The molecule has 1 aliphatic heterocycles. The molecule has 0 bridgehead atoms. The molecule has 24 heavy (non-hydrogen) atoms. The summed E-state index contributed by atoms with van der Waals surface area (Å²) in [6.07, 6.45) is 1.35. The number of nitrogens with one attached hydrogen (secondary N) is 1. The summed E-state index contributed by atoms with van der Waals surface area (Å²) in [6, 6.07) is 15.9. The number of amides is 1. The number of ketones is 1. The van der Waals surface area contributed by atoms with Gasteiger partial charge in [0.2, 0.25) is 5.91 Å². The van der Waals surface area contributed by atoms with Crippen LogP contribution in [0.5, 0.6) is 0 Å². The Labute approximate surface area is 141 Å². The van der Waals surface area contributed by atoms with Crippen molar-refractivity contribution in [1.82, 2.24) is 5.32 Å². The van der Waals surface area contributed by atoms with E-state index in [4.69, 9.17) is 0 Å². The molecule has 2 aromatic carbocycles. The second-order valence-corrected chi connectivity index (χ2v) is 6.42. The number of para-hydroxylation sites is 1. The van der Waals surface area contributed by atoms with Crippen molar-refractivity contribution in [3.8, 4) is 0 Å². The Balaban J connectivity index is 1.36. The number of carbonyl (C=O) groups is 2. The molecule has 1 heterocycles. The topological polar surface area (TPSA) is 49.4 Å². The molecule has 1 aliphatic carbocycles. The van der Waals surface area contributed by atoms with Crippen LogP contribution in [0.4, 0.5) is 5.69 Å². The highest BCUT2D eigenvalue weighted by molar-refractivity contribution is 6.06. The van der Waals surface area contributed by atoms with E-state index in [-0.39, 0.29) is 24.0 Å². The van der Waals surface area contributed by atoms with Crippen LogP contribution in [0.3, 0.4) is 0 Å². The lowest BCUT2D eigenvalue weighted by molar-refractivity contribution is -0.122. The van der Waals surface area contributed by atoms with Gasteiger partial charge < -0.3 is 10.2 Å². The Morgan fingerprint density at radius 3 is 2.83 bits per heavy atom. The molecule has 0 radical (unpaired) electrons. The van der Waals surface area contributed by atoms with Crippen LogP contribution in [0.1, 0.15) is 33.8 Å². The van der Waals surface area contributed by atoms with E-state index in [1.807, 2.05) is 24.3 Å². The van der Waals surface area contributed by atoms with Crippen LogP contribution in [-0.4, -0.2) is 31.3 Å². The molecule has 122 valence electrons. The Morgan fingerprint density at radius 1 is 1.12 bits per heavy atom. The van der Waals surface area contributed by atoms with Gasteiger partial charge >= 0.3 is 0 Å². The standard InChI is InChI=1S/C20H20N2O2/c23-19-13-17(15-6-2-3-7-16(15)19)20(24)21-10-12-22-11-9-14-5-1-4-8-18(14)22/h1-8,17H,9-13H2,(H,21,24)/t17-/m0/s1. The van der Waals surface area contributed by atoms with Crippen LogP contribution in [0.2, 0.25) is 0 Å². The molecule has 0 saturated carbocycles. The number of hydrogen-bond acceptors (Lipinski definition) is 3. The second-order valence-electron chi connectivity index (χ2n) is 6.42. The first-order valence-electron chi connectivity index (χ1n) is 8.47. The molecular formula is C20H20N2O2. The molecule has 1 amide bonds. The number of nitrogens with zero attached hydrogens (tertiary/aromatic N) is 1. The Hall–Kier alpha value is -2.62. The summed E-state index contributed by atoms with van der Waals surface area (Å²) in [5, 5.41) is 3.01. The molecule has 4 heteroatoms. The van der Waals surface area contributed by atoms with Gasteiger partial charge in [-0.2, -0.15) is 0 Å². The number of hydrogen-bond donors (Lipinski definition) is 1. The van der Waals surface area contributed by atoms with Gasteiger partial charge in [-0.25, -0.2) is 0 Å². The van der Waals surface area contributed by atoms with E-state index in [1.54, 1.807) is 0 Å². The zero-order valence-electron chi connectivity index (χ0n) is 13.5. The van der Waals surface area contributed by atoms with E-state index in [0.717, 1.165) is 25.1 Å². The van der Waals surface area contributed by atoms with Crippen LogP contribution in [-0.2, 0) is 11.2 Å². The lowest BCUT2D eigenvalue weighted by Gasteiger charge is -2.20. The normalized spacial score (nSPS) is 18.4. The van der Waals surface area contributed by atoms with Crippen molar-refractivity contribution >= 4 is 17.4 Å². The Kier molecular flexibility index (Phi) is 3.81. The predicted molar refractivity (Wildman–Crippen MR) is 93.5 cm³/mol. The first-order valence-corrected chi connectivity index (χ1v) is 8.47. The first kappa shape index (κ1) is 14.9. The van der Waals surface area contributed by atoms with Crippen LogP contribution >= 0.6 is 0 Å². The van der Waals surface area contributed by atoms with Gasteiger partial charge in [-0.15, -0.1) is 0 Å². The van der Waals surface area contributed by atoms with E-state index in [9.17, 15) is 9.59 Å². The van der Waals surface area contributed by atoms with E-state index in [0.29, 0.717) is 12.1 Å². The van der Waals surface area contributed by atoms with Gasteiger partial charge in [0.05, 0.1) is 5.92 Å². The summed E-state index contributed by atoms with van der Waals surface area (Å²) in [4.78, 5) is 26.8. The van der Waals surface area contributed by atoms with E-state index in [1.165, 1.54) is 11.3 Å². The van der Waals surface area contributed by atoms with Crippen molar-refractivity contribution in [3.05, 3.63) is 65.2 Å². The van der Waals surface area contributed by atoms with Crippen molar-refractivity contribution in [2.75, 3.05) is 24.5 Å². The number of rotatable bonds is 4. The summed E-state index contributed by atoms with van der Waals surface area (Å²) in [5.74, 6) is -0.306. The molecule has 4 nitrogen and oxygen atoms in total. The Bertz CT molecular complexity index is 800. The van der Waals surface area contributed by atoms with Crippen molar-refractivity contribution in [2.24, 2.45) is 0 Å². The van der Waals surface area contributed by atoms with Crippen molar-refractivity contribution < 1.29 is 9.59 Å². The highest BCUT2D eigenvalue weighted by Crippen LogP contribution is 2.33. The summed E-state index contributed by atoms with van der Waals surface area (Å²) >= 11 is 0. The third-order valence-electron chi connectivity index (χ3n) is 5.01. The van der Waals surface area contributed by atoms with Gasteiger partial charge in [0.15, 0.2) is 5.78 Å². The van der Waals surface area contributed by atoms with Crippen molar-refractivity contribution in [1.29, 1.82) is 0 Å². The fourth-order valence-corrected chi connectivity index (χ4v) is 3.77. The molecule has 0 unspecified atom stereocenters. The molecule has 0 spiro atoms.